The van der Waals surface area contributed by atoms with Gasteiger partial charge in [0.25, 0.3) is 0 Å². The first-order chi connectivity index (χ1) is 9.85. The van der Waals surface area contributed by atoms with Crippen molar-refractivity contribution in [3.63, 3.8) is 0 Å². The van der Waals surface area contributed by atoms with Crippen molar-refractivity contribution in [1.82, 2.24) is 15.6 Å². The summed E-state index contributed by atoms with van der Waals surface area (Å²) in [5.41, 5.74) is 1.85. The van der Waals surface area contributed by atoms with Crippen LogP contribution in [0.25, 0.3) is 11.5 Å². The molecule has 0 bridgehead atoms. The lowest BCUT2D eigenvalue weighted by molar-refractivity contribution is 0.572. The van der Waals surface area contributed by atoms with Crippen molar-refractivity contribution in [2.24, 2.45) is 4.99 Å². The summed E-state index contributed by atoms with van der Waals surface area (Å²) in [6.45, 7) is 0.600. The molecule has 0 amide bonds. The second-order valence-electron chi connectivity index (χ2n) is 4.85. The maximum absolute atomic E-state index is 5.50. The Labute approximate surface area is 118 Å². The number of hydrogen-bond acceptors (Lipinski definition) is 3. The van der Waals surface area contributed by atoms with Crippen molar-refractivity contribution < 1.29 is 4.42 Å². The van der Waals surface area contributed by atoms with Gasteiger partial charge in [-0.2, -0.15) is 0 Å². The lowest BCUT2D eigenvalue weighted by Gasteiger charge is -2.09. The highest BCUT2D eigenvalue weighted by Crippen LogP contribution is 2.19. The van der Waals surface area contributed by atoms with E-state index in [1.54, 1.807) is 13.3 Å². The predicted molar refractivity (Wildman–Crippen MR) is 78.3 cm³/mol. The standard InChI is InChI=1S/C15H18N4O/c1-16-15(19-12-7-8-12)17-9-13-10-20-14(18-13)11-5-3-2-4-6-11/h2-6,10,12H,7-9H2,1H3,(H2,16,17,19). The van der Waals surface area contributed by atoms with E-state index in [2.05, 4.69) is 20.6 Å². The van der Waals surface area contributed by atoms with E-state index in [-0.39, 0.29) is 0 Å². The van der Waals surface area contributed by atoms with Crippen LogP contribution < -0.4 is 10.6 Å². The minimum absolute atomic E-state index is 0.582. The van der Waals surface area contributed by atoms with Gasteiger partial charge in [-0.1, -0.05) is 18.2 Å². The molecular weight excluding hydrogens is 252 g/mol. The zero-order valence-electron chi connectivity index (χ0n) is 11.5. The van der Waals surface area contributed by atoms with Crippen LogP contribution in [0, 0.1) is 0 Å². The van der Waals surface area contributed by atoms with Gasteiger partial charge in [-0.05, 0) is 25.0 Å². The van der Waals surface area contributed by atoms with E-state index in [0.29, 0.717) is 18.5 Å². The smallest absolute Gasteiger partial charge is 0.226 e. The Balaban J connectivity index is 1.59. The van der Waals surface area contributed by atoms with Crippen LogP contribution in [0.15, 0.2) is 46.0 Å². The van der Waals surface area contributed by atoms with Crippen LogP contribution in [-0.2, 0) is 6.54 Å². The fourth-order valence-electron chi connectivity index (χ4n) is 1.89. The number of nitrogens with one attached hydrogen (secondary N) is 2. The topological polar surface area (TPSA) is 62.5 Å². The Kier molecular flexibility index (Phi) is 3.67. The van der Waals surface area contributed by atoms with E-state index < -0.39 is 0 Å². The van der Waals surface area contributed by atoms with Crippen LogP contribution in [0.5, 0.6) is 0 Å². The summed E-state index contributed by atoms with van der Waals surface area (Å²) in [5.74, 6) is 1.46. The minimum Gasteiger partial charge on any atom is -0.444 e. The van der Waals surface area contributed by atoms with Crippen molar-refractivity contribution in [1.29, 1.82) is 0 Å². The lowest BCUT2D eigenvalue weighted by atomic mass is 10.2. The molecule has 1 heterocycles. The number of aliphatic imine (C=N–C) groups is 1. The Hall–Kier alpha value is -2.30. The first-order valence-corrected chi connectivity index (χ1v) is 6.82. The van der Waals surface area contributed by atoms with Gasteiger partial charge in [0.2, 0.25) is 5.89 Å². The van der Waals surface area contributed by atoms with Crippen molar-refractivity contribution in [3.8, 4) is 11.5 Å². The molecule has 1 aliphatic rings. The molecule has 0 saturated heterocycles. The number of rotatable bonds is 4. The van der Waals surface area contributed by atoms with Gasteiger partial charge in [0.1, 0.15) is 6.26 Å². The summed E-state index contributed by atoms with van der Waals surface area (Å²) in [7, 11) is 1.77. The fourth-order valence-corrected chi connectivity index (χ4v) is 1.89. The summed E-state index contributed by atoms with van der Waals surface area (Å²) in [5, 5.41) is 6.57. The number of aromatic nitrogens is 1. The molecule has 1 aliphatic carbocycles. The van der Waals surface area contributed by atoms with Crippen LogP contribution in [0.2, 0.25) is 0 Å². The van der Waals surface area contributed by atoms with Gasteiger partial charge < -0.3 is 15.1 Å². The average Bonchev–Trinajstić information content (AvgIpc) is 3.19. The molecule has 1 fully saturated rings. The molecule has 1 aromatic carbocycles. The van der Waals surface area contributed by atoms with Gasteiger partial charge in [-0.25, -0.2) is 4.98 Å². The van der Waals surface area contributed by atoms with Crippen LogP contribution in [0.3, 0.4) is 0 Å². The molecule has 2 aromatic rings. The quantitative estimate of drug-likeness (QED) is 0.660. The van der Waals surface area contributed by atoms with Gasteiger partial charge in [0.15, 0.2) is 5.96 Å². The Morgan fingerprint density at radius 1 is 1.35 bits per heavy atom. The predicted octanol–water partition coefficient (Wildman–Crippen LogP) is 2.17. The van der Waals surface area contributed by atoms with E-state index in [1.807, 2.05) is 30.3 Å². The second-order valence-corrected chi connectivity index (χ2v) is 4.85. The minimum atomic E-state index is 0.582. The van der Waals surface area contributed by atoms with E-state index in [1.165, 1.54) is 12.8 Å². The van der Waals surface area contributed by atoms with Crippen molar-refractivity contribution in [3.05, 3.63) is 42.3 Å². The molecule has 0 unspecified atom stereocenters. The average molecular weight is 270 g/mol. The molecule has 1 saturated carbocycles. The van der Waals surface area contributed by atoms with Gasteiger partial charge >= 0.3 is 0 Å². The Morgan fingerprint density at radius 3 is 2.85 bits per heavy atom. The normalized spacial score (nSPS) is 15.2. The molecule has 0 radical (unpaired) electrons. The largest absolute Gasteiger partial charge is 0.444 e. The van der Waals surface area contributed by atoms with E-state index in [4.69, 9.17) is 4.42 Å². The monoisotopic (exact) mass is 270 g/mol. The molecule has 5 heteroatoms. The molecule has 0 atom stereocenters. The summed E-state index contributed by atoms with van der Waals surface area (Å²) in [6.07, 6.45) is 4.13. The number of guanidine groups is 1. The molecule has 0 spiro atoms. The highest BCUT2D eigenvalue weighted by Gasteiger charge is 2.22. The second kappa shape index (κ2) is 5.77. The summed E-state index contributed by atoms with van der Waals surface area (Å²) in [6, 6.07) is 10.5. The Morgan fingerprint density at radius 2 is 2.15 bits per heavy atom. The SMILES string of the molecule is CN=C(NCc1coc(-c2ccccc2)n1)NC1CC1. The van der Waals surface area contributed by atoms with E-state index in [0.717, 1.165) is 17.2 Å². The number of benzene rings is 1. The third kappa shape index (κ3) is 3.17. The molecule has 104 valence electrons. The van der Waals surface area contributed by atoms with Gasteiger partial charge in [-0.3, -0.25) is 4.99 Å². The van der Waals surface area contributed by atoms with Crippen LogP contribution >= 0.6 is 0 Å². The number of nitrogens with zero attached hydrogens (tertiary/aromatic N) is 2. The summed E-state index contributed by atoms with van der Waals surface area (Å²) >= 11 is 0. The first kappa shape index (κ1) is 12.7. The van der Waals surface area contributed by atoms with Gasteiger partial charge in [0, 0.05) is 18.7 Å². The van der Waals surface area contributed by atoms with Gasteiger partial charge in [0.05, 0.1) is 12.2 Å². The molecule has 0 aliphatic heterocycles. The van der Waals surface area contributed by atoms with Gasteiger partial charge in [-0.15, -0.1) is 0 Å². The lowest BCUT2D eigenvalue weighted by Crippen LogP contribution is -2.38. The van der Waals surface area contributed by atoms with Crippen molar-refractivity contribution in [2.45, 2.75) is 25.4 Å². The third-order valence-electron chi connectivity index (χ3n) is 3.15. The fraction of sp³-hybridized carbons (Fsp3) is 0.333. The zero-order chi connectivity index (χ0) is 13.8. The number of hydrogen-bond donors (Lipinski definition) is 2. The zero-order valence-corrected chi connectivity index (χ0v) is 11.5. The summed E-state index contributed by atoms with van der Waals surface area (Å²) in [4.78, 5) is 8.65. The maximum atomic E-state index is 5.50. The molecule has 2 N–H and O–H groups in total. The molecule has 5 nitrogen and oxygen atoms in total. The molecule has 20 heavy (non-hydrogen) atoms. The van der Waals surface area contributed by atoms with Crippen molar-refractivity contribution >= 4 is 5.96 Å². The van der Waals surface area contributed by atoms with E-state index in [9.17, 15) is 0 Å². The third-order valence-corrected chi connectivity index (χ3v) is 3.15. The number of oxazole rings is 1. The highest BCUT2D eigenvalue weighted by molar-refractivity contribution is 5.80. The molecular formula is C15H18N4O. The van der Waals surface area contributed by atoms with Crippen LogP contribution in [0.1, 0.15) is 18.5 Å². The Bertz CT molecular complexity index is 587. The van der Waals surface area contributed by atoms with Crippen LogP contribution in [-0.4, -0.2) is 24.0 Å². The molecule has 3 rings (SSSR count). The molecule has 1 aromatic heterocycles. The van der Waals surface area contributed by atoms with Crippen molar-refractivity contribution in [2.75, 3.05) is 7.05 Å². The maximum Gasteiger partial charge on any atom is 0.226 e. The highest BCUT2D eigenvalue weighted by atomic mass is 16.3. The van der Waals surface area contributed by atoms with E-state index >= 15 is 0 Å². The van der Waals surface area contributed by atoms with Crippen LogP contribution in [0.4, 0.5) is 0 Å². The summed E-state index contributed by atoms with van der Waals surface area (Å²) < 4.78 is 5.50. The first-order valence-electron chi connectivity index (χ1n) is 6.82.